The molecule has 1 unspecified atom stereocenters. The van der Waals surface area contributed by atoms with Gasteiger partial charge in [-0.25, -0.2) is 0 Å². The van der Waals surface area contributed by atoms with Crippen LogP contribution in [0.3, 0.4) is 0 Å². The zero-order valence-corrected chi connectivity index (χ0v) is 13.6. The summed E-state index contributed by atoms with van der Waals surface area (Å²) >= 11 is 0. The van der Waals surface area contributed by atoms with E-state index in [4.69, 9.17) is 0 Å². The molecule has 0 fully saturated rings. The van der Waals surface area contributed by atoms with Crippen LogP contribution in [0.2, 0.25) is 0 Å². The first-order valence-corrected chi connectivity index (χ1v) is 7.44. The molecule has 0 radical (unpaired) electrons. The highest BCUT2D eigenvalue weighted by atomic mass is 15.2. The molecule has 4 nitrogen and oxygen atoms in total. The molecule has 116 valence electrons. The van der Waals surface area contributed by atoms with Crippen LogP contribution in [0.4, 0.5) is 5.69 Å². The number of fused-ring (bicyclic) bond motifs is 1. The highest BCUT2D eigenvalue weighted by Crippen LogP contribution is 2.29. The Morgan fingerprint density at radius 3 is 2.18 bits per heavy atom. The molecule has 4 heteroatoms. The molecule has 2 aromatic carbocycles. The molecule has 3 rings (SSSR count). The van der Waals surface area contributed by atoms with Crippen molar-refractivity contribution in [1.82, 2.24) is 5.32 Å². The van der Waals surface area contributed by atoms with E-state index < -0.39 is 0 Å². The SMILES string of the molecule is CN.CN=C1NC(c2c(C)cccc2C)Nc2ccccc21. The second kappa shape index (κ2) is 7.09. The van der Waals surface area contributed by atoms with Gasteiger partial charge >= 0.3 is 0 Å². The van der Waals surface area contributed by atoms with Crippen LogP contribution < -0.4 is 16.4 Å². The quantitative estimate of drug-likeness (QED) is 0.758. The number of hydrogen-bond acceptors (Lipinski definition) is 3. The Kier molecular flexibility index (Phi) is 5.17. The van der Waals surface area contributed by atoms with E-state index in [-0.39, 0.29) is 6.17 Å². The number of para-hydroxylation sites is 1. The number of nitrogens with zero attached hydrogens (tertiary/aromatic N) is 1. The molecule has 0 amide bonds. The summed E-state index contributed by atoms with van der Waals surface area (Å²) in [5.41, 5.74) is 10.6. The van der Waals surface area contributed by atoms with E-state index in [2.05, 4.69) is 65.5 Å². The number of nitrogens with one attached hydrogen (secondary N) is 2. The lowest BCUT2D eigenvalue weighted by Crippen LogP contribution is -2.39. The van der Waals surface area contributed by atoms with Gasteiger partial charge in [-0.3, -0.25) is 4.99 Å². The van der Waals surface area contributed by atoms with Crippen molar-refractivity contribution in [2.75, 3.05) is 19.4 Å². The van der Waals surface area contributed by atoms with Crippen molar-refractivity contribution in [2.24, 2.45) is 10.7 Å². The number of benzene rings is 2. The summed E-state index contributed by atoms with van der Waals surface area (Å²) < 4.78 is 0. The number of aliphatic imine (C=N–C) groups is 1. The van der Waals surface area contributed by atoms with Gasteiger partial charge in [-0.1, -0.05) is 30.3 Å². The fourth-order valence-electron chi connectivity index (χ4n) is 2.83. The Morgan fingerprint density at radius 2 is 1.55 bits per heavy atom. The first kappa shape index (κ1) is 16.0. The Bertz CT molecular complexity index is 656. The molecule has 0 aliphatic carbocycles. The van der Waals surface area contributed by atoms with Gasteiger partial charge in [-0.15, -0.1) is 0 Å². The number of anilines is 1. The lowest BCUT2D eigenvalue weighted by Gasteiger charge is -2.32. The summed E-state index contributed by atoms with van der Waals surface area (Å²) in [5.74, 6) is 0.937. The van der Waals surface area contributed by atoms with Crippen molar-refractivity contribution in [3.8, 4) is 0 Å². The number of nitrogens with two attached hydrogens (primary N) is 1. The standard InChI is InChI=1S/C17H19N3.CH5N/c1-11-7-6-8-12(2)15(11)17-19-14-10-5-4-9-13(14)16(18-3)20-17;1-2/h4-10,17,19H,1-3H3,(H,18,20);2H2,1H3. The maximum absolute atomic E-state index is 4.50. The van der Waals surface area contributed by atoms with Gasteiger partial charge in [0, 0.05) is 23.9 Å². The average molecular weight is 296 g/mol. The van der Waals surface area contributed by atoms with Gasteiger partial charge in [0.15, 0.2) is 0 Å². The van der Waals surface area contributed by atoms with E-state index >= 15 is 0 Å². The normalized spacial score (nSPS) is 17.7. The van der Waals surface area contributed by atoms with Crippen molar-refractivity contribution in [3.63, 3.8) is 0 Å². The number of hydrogen-bond donors (Lipinski definition) is 3. The zero-order valence-electron chi connectivity index (χ0n) is 13.6. The summed E-state index contributed by atoms with van der Waals surface area (Å²) in [6.07, 6.45) is 0.0600. The van der Waals surface area contributed by atoms with Crippen LogP contribution in [0.1, 0.15) is 28.4 Å². The van der Waals surface area contributed by atoms with E-state index in [1.54, 1.807) is 0 Å². The summed E-state index contributed by atoms with van der Waals surface area (Å²) in [4.78, 5) is 4.39. The molecule has 2 aromatic rings. The van der Waals surface area contributed by atoms with Crippen LogP contribution in [0.25, 0.3) is 0 Å². The molecular weight excluding hydrogens is 272 g/mol. The van der Waals surface area contributed by atoms with Crippen molar-refractivity contribution < 1.29 is 0 Å². The summed E-state index contributed by atoms with van der Waals surface area (Å²) in [7, 11) is 3.33. The molecule has 0 saturated heterocycles. The lowest BCUT2D eigenvalue weighted by atomic mass is 9.97. The van der Waals surface area contributed by atoms with Gasteiger partial charge in [0.05, 0.1) is 0 Å². The maximum atomic E-state index is 4.50. The van der Waals surface area contributed by atoms with E-state index in [0.717, 1.165) is 17.1 Å². The van der Waals surface area contributed by atoms with Gasteiger partial charge in [0.25, 0.3) is 0 Å². The van der Waals surface area contributed by atoms with Crippen LogP contribution in [-0.4, -0.2) is 19.9 Å². The van der Waals surface area contributed by atoms with Gasteiger partial charge < -0.3 is 16.4 Å². The fraction of sp³-hybridized carbons (Fsp3) is 0.278. The minimum Gasteiger partial charge on any atom is -0.361 e. The Labute approximate surface area is 132 Å². The van der Waals surface area contributed by atoms with Crippen LogP contribution in [0, 0.1) is 13.8 Å². The minimum atomic E-state index is 0.0600. The predicted octanol–water partition coefficient (Wildman–Crippen LogP) is 2.97. The predicted molar refractivity (Wildman–Crippen MR) is 94.4 cm³/mol. The second-order valence-electron chi connectivity index (χ2n) is 5.14. The Morgan fingerprint density at radius 1 is 0.909 bits per heavy atom. The first-order valence-electron chi connectivity index (χ1n) is 7.44. The molecule has 22 heavy (non-hydrogen) atoms. The molecule has 1 aliphatic rings. The molecule has 1 heterocycles. The van der Waals surface area contributed by atoms with Gasteiger partial charge in [0.2, 0.25) is 0 Å². The molecule has 1 atom stereocenters. The third-order valence-electron chi connectivity index (χ3n) is 3.82. The average Bonchev–Trinajstić information content (AvgIpc) is 2.56. The first-order chi connectivity index (χ1) is 10.7. The fourth-order valence-corrected chi connectivity index (χ4v) is 2.83. The Hall–Kier alpha value is -2.33. The minimum absolute atomic E-state index is 0.0600. The molecule has 0 aromatic heterocycles. The van der Waals surface area contributed by atoms with Crippen LogP contribution in [0.5, 0.6) is 0 Å². The largest absolute Gasteiger partial charge is 0.361 e. The maximum Gasteiger partial charge on any atom is 0.131 e. The Balaban J connectivity index is 0.000000847. The number of aryl methyl sites for hydroxylation is 2. The topological polar surface area (TPSA) is 62.4 Å². The van der Waals surface area contributed by atoms with E-state index in [1.807, 2.05) is 19.2 Å². The third kappa shape index (κ3) is 2.97. The zero-order chi connectivity index (χ0) is 16.1. The summed E-state index contributed by atoms with van der Waals surface area (Å²) in [6, 6.07) is 14.7. The molecular formula is C18H24N4. The molecule has 0 saturated carbocycles. The second-order valence-corrected chi connectivity index (χ2v) is 5.14. The van der Waals surface area contributed by atoms with Crippen LogP contribution in [0.15, 0.2) is 47.5 Å². The van der Waals surface area contributed by atoms with E-state index in [0.29, 0.717) is 0 Å². The third-order valence-corrected chi connectivity index (χ3v) is 3.82. The van der Waals surface area contributed by atoms with Crippen LogP contribution in [-0.2, 0) is 0 Å². The van der Waals surface area contributed by atoms with Crippen molar-refractivity contribution in [2.45, 2.75) is 20.0 Å². The number of rotatable bonds is 1. The smallest absolute Gasteiger partial charge is 0.131 e. The molecule has 0 bridgehead atoms. The van der Waals surface area contributed by atoms with E-state index in [9.17, 15) is 0 Å². The van der Waals surface area contributed by atoms with Gasteiger partial charge in [0.1, 0.15) is 12.0 Å². The van der Waals surface area contributed by atoms with Crippen LogP contribution >= 0.6 is 0 Å². The van der Waals surface area contributed by atoms with Crippen molar-refractivity contribution in [1.29, 1.82) is 0 Å². The summed E-state index contributed by atoms with van der Waals surface area (Å²) in [5, 5.41) is 7.06. The van der Waals surface area contributed by atoms with Crippen molar-refractivity contribution in [3.05, 3.63) is 64.7 Å². The highest BCUT2D eigenvalue weighted by Gasteiger charge is 2.24. The lowest BCUT2D eigenvalue weighted by molar-refractivity contribution is 0.709. The monoisotopic (exact) mass is 296 g/mol. The summed E-state index contributed by atoms with van der Waals surface area (Å²) in [6.45, 7) is 4.30. The van der Waals surface area contributed by atoms with Crippen molar-refractivity contribution >= 4 is 11.5 Å². The van der Waals surface area contributed by atoms with Gasteiger partial charge in [-0.2, -0.15) is 0 Å². The number of amidine groups is 1. The highest BCUT2D eigenvalue weighted by molar-refractivity contribution is 6.05. The molecule has 1 aliphatic heterocycles. The molecule has 0 spiro atoms. The van der Waals surface area contributed by atoms with Gasteiger partial charge in [-0.05, 0) is 44.2 Å². The molecule has 4 N–H and O–H groups in total. The van der Waals surface area contributed by atoms with E-state index in [1.165, 1.54) is 23.7 Å².